The molecule has 6 heteroatoms. The van der Waals surface area contributed by atoms with Gasteiger partial charge in [-0.25, -0.2) is 9.97 Å². The molecule has 1 aliphatic heterocycles. The van der Waals surface area contributed by atoms with Crippen molar-refractivity contribution in [1.29, 1.82) is 0 Å². The highest BCUT2D eigenvalue weighted by atomic mass is 35.5. The molecule has 1 aromatic heterocycles. The second-order valence-corrected chi connectivity index (χ2v) is 3.98. The summed E-state index contributed by atoms with van der Waals surface area (Å²) in [6.07, 6.45) is 0. The van der Waals surface area contributed by atoms with Gasteiger partial charge >= 0.3 is 0 Å². The molecular weight excluding hydrogens is 240 g/mol. The largest absolute Gasteiger partial charge is 0.378 e. The molecule has 2 N–H and O–H groups in total. The first-order chi connectivity index (χ1) is 7.72. The van der Waals surface area contributed by atoms with Crippen molar-refractivity contribution in [2.75, 3.05) is 31.2 Å². The van der Waals surface area contributed by atoms with E-state index in [0.29, 0.717) is 6.54 Å². The average molecular weight is 259 g/mol. The molecule has 0 aromatic carbocycles. The van der Waals surface area contributed by atoms with E-state index in [4.69, 9.17) is 10.5 Å². The summed E-state index contributed by atoms with van der Waals surface area (Å²) < 4.78 is 5.31. The van der Waals surface area contributed by atoms with E-state index < -0.39 is 0 Å². The zero-order chi connectivity index (χ0) is 11.5. The topological polar surface area (TPSA) is 64.3 Å². The maximum absolute atomic E-state index is 5.67. The minimum absolute atomic E-state index is 0. The van der Waals surface area contributed by atoms with E-state index in [2.05, 4.69) is 14.9 Å². The maximum atomic E-state index is 5.67. The van der Waals surface area contributed by atoms with Crippen molar-refractivity contribution >= 4 is 18.4 Å². The van der Waals surface area contributed by atoms with Crippen molar-refractivity contribution in [2.24, 2.45) is 5.73 Å². The van der Waals surface area contributed by atoms with Gasteiger partial charge < -0.3 is 15.4 Å². The molecule has 1 fully saturated rings. The molecule has 0 aliphatic carbocycles. The van der Waals surface area contributed by atoms with Gasteiger partial charge in [-0.15, -0.1) is 12.4 Å². The number of rotatable bonds is 2. The predicted octanol–water partition coefficient (Wildman–Crippen LogP) is 0.811. The SMILES string of the molecule is Cc1nc(N2CCOCC2)nc(C)c1CN.Cl. The van der Waals surface area contributed by atoms with Crippen LogP contribution in [0.25, 0.3) is 0 Å². The number of aromatic nitrogens is 2. The molecule has 96 valence electrons. The number of hydrogen-bond acceptors (Lipinski definition) is 5. The highest BCUT2D eigenvalue weighted by Gasteiger charge is 2.15. The smallest absolute Gasteiger partial charge is 0.225 e. The summed E-state index contributed by atoms with van der Waals surface area (Å²) in [7, 11) is 0. The lowest BCUT2D eigenvalue weighted by atomic mass is 10.2. The van der Waals surface area contributed by atoms with Gasteiger partial charge in [0.2, 0.25) is 5.95 Å². The molecule has 5 nitrogen and oxygen atoms in total. The van der Waals surface area contributed by atoms with Crippen molar-refractivity contribution in [3.8, 4) is 0 Å². The number of nitrogens with zero attached hydrogens (tertiary/aromatic N) is 3. The number of nitrogens with two attached hydrogens (primary N) is 1. The molecule has 1 aliphatic rings. The molecule has 2 rings (SSSR count). The van der Waals surface area contributed by atoms with Crippen molar-refractivity contribution in [1.82, 2.24) is 9.97 Å². The van der Waals surface area contributed by atoms with Crippen LogP contribution in [0.2, 0.25) is 0 Å². The van der Waals surface area contributed by atoms with Gasteiger partial charge in [0.25, 0.3) is 0 Å². The van der Waals surface area contributed by atoms with Crippen LogP contribution in [0.3, 0.4) is 0 Å². The van der Waals surface area contributed by atoms with Gasteiger partial charge in [-0.1, -0.05) is 0 Å². The van der Waals surface area contributed by atoms with Crippen molar-refractivity contribution < 1.29 is 4.74 Å². The highest BCUT2D eigenvalue weighted by molar-refractivity contribution is 5.85. The van der Waals surface area contributed by atoms with Gasteiger partial charge in [-0.05, 0) is 13.8 Å². The molecule has 0 bridgehead atoms. The van der Waals surface area contributed by atoms with Crippen LogP contribution < -0.4 is 10.6 Å². The minimum atomic E-state index is 0. The van der Waals surface area contributed by atoms with Crippen LogP contribution in [0.1, 0.15) is 17.0 Å². The third-order valence-corrected chi connectivity index (χ3v) is 2.91. The van der Waals surface area contributed by atoms with Gasteiger partial charge in [-0.2, -0.15) is 0 Å². The molecule has 1 saturated heterocycles. The van der Waals surface area contributed by atoms with Crippen molar-refractivity contribution in [3.63, 3.8) is 0 Å². The van der Waals surface area contributed by atoms with Crippen LogP contribution in [0.15, 0.2) is 0 Å². The van der Waals surface area contributed by atoms with E-state index in [1.165, 1.54) is 0 Å². The minimum Gasteiger partial charge on any atom is -0.378 e. The summed E-state index contributed by atoms with van der Waals surface area (Å²) in [6.45, 7) is 7.70. The van der Waals surface area contributed by atoms with E-state index in [0.717, 1.165) is 49.2 Å². The Kier molecular flexibility index (Phi) is 5.11. The normalized spacial score (nSPS) is 15.6. The fraction of sp³-hybridized carbons (Fsp3) is 0.636. The molecule has 0 unspecified atom stereocenters. The second kappa shape index (κ2) is 6.14. The summed E-state index contributed by atoms with van der Waals surface area (Å²) in [5, 5.41) is 0. The molecule has 0 radical (unpaired) electrons. The van der Waals surface area contributed by atoms with Crippen molar-refractivity contribution in [2.45, 2.75) is 20.4 Å². The molecule has 0 atom stereocenters. The van der Waals surface area contributed by atoms with Crippen LogP contribution in [0, 0.1) is 13.8 Å². The molecule has 0 spiro atoms. The molecule has 17 heavy (non-hydrogen) atoms. The lowest BCUT2D eigenvalue weighted by Crippen LogP contribution is -2.37. The average Bonchev–Trinajstić information content (AvgIpc) is 2.30. The Morgan fingerprint density at radius 2 is 1.71 bits per heavy atom. The lowest BCUT2D eigenvalue weighted by Gasteiger charge is -2.27. The third-order valence-electron chi connectivity index (χ3n) is 2.91. The van der Waals surface area contributed by atoms with Gasteiger partial charge in [0.05, 0.1) is 13.2 Å². The summed E-state index contributed by atoms with van der Waals surface area (Å²) in [6, 6.07) is 0. The van der Waals surface area contributed by atoms with Crippen LogP contribution >= 0.6 is 12.4 Å². The predicted molar refractivity (Wildman–Crippen MR) is 69.7 cm³/mol. The Labute approximate surface area is 108 Å². The third kappa shape index (κ3) is 3.06. The van der Waals surface area contributed by atoms with Crippen LogP contribution in [-0.2, 0) is 11.3 Å². The standard InChI is InChI=1S/C11H18N4O.ClH/c1-8-10(7-12)9(2)14-11(13-8)15-3-5-16-6-4-15;/h3-7,12H2,1-2H3;1H. The van der Waals surface area contributed by atoms with Crippen LogP contribution in [0.5, 0.6) is 0 Å². The quantitative estimate of drug-likeness (QED) is 0.851. The van der Waals surface area contributed by atoms with Gasteiger partial charge in [0.15, 0.2) is 0 Å². The lowest BCUT2D eigenvalue weighted by molar-refractivity contribution is 0.122. The molecule has 0 saturated carbocycles. The summed E-state index contributed by atoms with van der Waals surface area (Å²) in [5.74, 6) is 0.801. The molecule has 1 aromatic rings. The number of aryl methyl sites for hydroxylation is 2. The maximum Gasteiger partial charge on any atom is 0.225 e. The van der Waals surface area contributed by atoms with Gasteiger partial charge in [-0.3, -0.25) is 0 Å². The first kappa shape index (κ1) is 14.2. The second-order valence-electron chi connectivity index (χ2n) is 3.98. The van der Waals surface area contributed by atoms with E-state index in [1.54, 1.807) is 0 Å². The monoisotopic (exact) mass is 258 g/mol. The van der Waals surface area contributed by atoms with E-state index >= 15 is 0 Å². The Balaban J connectivity index is 0.00000144. The Morgan fingerprint density at radius 3 is 2.18 bits per heavy atom. The number of ether oxygens (including phenoxy) is 1. The van der Waals surface area contributed by atoms with Gasteiger partial charge in [0, 0.05) is 36.6 Å². The summed E-state index contributed by atoms with van der Waals surface area (Å²) >= 11 is 0. The Morgan fingerprint density at radius 1 is 1.18 bits per heavy atom. The van der Waals surface area contributed by atoms with Gasteiger partial charge in [0.1, 0.15) is 0 Å². The Bertz CT molecular complexity index is 357. The fourth-order valence-electron chi connectivity index (χ4n) is 1.92. The first-order valence-corrected chi connectivity index (χ1v) is 5.59. The highest BCUT2D eigenvalue weighted by Crippen LogP contribution is 2.15. The summed E-state index contributed by atoms with van der Waals surface area (Å²) in [5.41, 5.74) is 8.68. The van der Waals surface area contributed by atoms with E-state index in [1.807, 2.05) is 13.8 Å². The fourth-order valence-corrected chi connectivity index (χ4v) is 1.92. The molecular formula is C11H19ClN4O. The Hall–Kier alpha value is -0.910. The summed E-state index contributed by atoms with van der Waals surface area (Å²) in [4.78, 5) is 11.2. The van der Waals surface area contributed by atoms with E-state index in [-0.39, 0.29) is 12.4 Å². The number of halogens is 1. The number of morpholine rings is 1. The molecule has 0 amide bonds. The van der Waals surface area contributed by atoms with Crippen LogP contribution in [0.4, 0.5) is 5.95 Å². The number of hydrogen-bond donors (Lipinski definition) is 1. The number of anilines is 1. The zero-order valence-electron chi connectivity index (χ0n) is 10.3. The van der Waals surface area contributed by atoms with E-state index in [9.17, 15) is 0 Å². The van der Waals surface area contributed by atoms with Crippen LogP contribution in [-0.4, -0.2) is 36.3 Å². The zero-order valence-corrected chi connectivity index (χ0v) is 11.1. The van der Waals surface area contributed by atoms with Crippen molar-refractivity contribution in [3.05, 3.63) is 17.0 Å². The first-order valence-electron chi connectivity index (χ1n) is 5.59. The molecule has 2 heterocycles.